The van der Waals surface area contributed by atoms with Gasteiger partial charge >= 0.3 is 5.97 Å². The van der Waals surface area contributed by atoms with Crippen LogP contribution in [0.4, 0.5) is 0 Å². The number of carbonyl (C=O) groups is 1. The Hall–Kier alpha value is -1.54. The third-order valence-corrected chi connectivity index (χ3v) is 11.9. The largest absolute Gasteiger partial charge is 0.475 e. The molecule has 1 heterocycles. The van der Waals surface area contributed by atoms with E-state index in [9.17, 15) is 20.1 Å². The van der Waals surface area contributed by atoms with Crippen LogP contribution in [-0.2, 0) is 6.54 Å². The molecule has 0 aliphatic heterocycles. The van der Waals surface area contributed by atoms with Crippen molar-refractivity contribution >= 4 is 5.97 Å². The number of nitrogens with zero attached hydrogens (tertiary/aromatic N) is 4. The van der Waals surface area contributed by atoms with Gasteiger partial charge in [0.2, 0.25) is 0 Å². The highest BCUT2D eigenvalue weighted by atomic mass is 16.4. The van der Waals surface area contributed by atoms with Crippen LogP contribution in [0, 0.1) is 52.3 Å². The molecular formula is C28H46N4O4. The van der Waals surface area contributed by atoms with E-state index in [0.29, 0.717) is 48.0 Å². The molecule has 1 aromatic rings. The van der Waals surface area contributed by atoms with Gasteiger partial charge in [-0.3, -0.25) is 0 Å². The van der Waals surface area contributed by atoms with Crippen molar-refractivity contribution in [2.45, 2.75) is 111 Å². The minimum absolute atomic E-state index is 0.0901. The standard InChI is InChI=1S/C28H46N4O4/c1-5-18-22-15-17(33)10-12-28(22,4)21-11-13-27(3)19(8-9-20(27)23(21)24(18)34)16(2)7-6-14-32-25(26(35)36)29-30-31-32/h16-24,33-34H,5-15H2,1-4H3,(H,35,36)/t16-,17-,18-,19-,20?,21?,22+,23?,24-,27-,28-/m1/s1. The quantitative estimate of drug-likeness (QED) is 0.505. The van der Waals surface area contributed by atoms with Crippen LogP contribution < -0.4 is 0 Å². The van der Waals surface area contributed by atoms with Crippen LogP contribution in [0.1, 0.15) is 103 Å². The molecule has 1 aromatic heterocycles. The summed E-state index contributed by atoms with van der Waals surface area (Å²) in [4.78, 5) is 11.3. The van der Waals surface area contributed by atoms with E-state index in [1.807, 2.05) is 0 Å². The van der Waals surface area contributed by atoms with Crippen LogP contribution >= 0.6 is 0 Å². The molecule has 0 aromatic carbocycles. The molecule has 11 atom stereocenters. The van der Waals surface area contributed by atoms with Crippen molar-refractivity contribution in [3.8, 4) is 0 Å². The number of hydrogen-bond donors (Lipinski definition) is 3. The van der Waals surface area contributed by atoms with Crippen LogP contribution in [0.3, 0.4) is 0 Å². The molecule has 202 valence electrons. The first-order chi connectivity index (χ1) is 17.1. The highest BCUT2D eigenvalue weighted by Crippen LogP contribution is 2.69. The molecule has 0 spiro atoms. The van der Waals surface area contributed by atoms with Gasteiger partial charge in [0.1, 0.15) is 0 Å². The lowest BCUT2D eigenvalue weighted by Crippen LogP contribution is -2.62. The average Bonchev–Trinajstić information content (AvgIpc) is 3.44. The van der Waals surface area contributed by atoms with Gasteiger partial charge in [-0.1, -0.05) is 34.1 Å². The molecule has 3 N–H and O–H groups in total. The Morgan fingerprint density at radius 3 is 2.53 bits per heavy atom. The maximum Gasteiger partial charge on any atom is 0.375 e. The Balaban J connectivity index is 1.30. The molecular weight excluding hydrogens is 456 g/mol. The van der Waals surface area contributed by atoms with Crippen molar-refractivity contribution in [2.24, 2.45) is 52.3 Å². The second-order valence-electron chi connectivity index (χ2n) is 13.3. The molecule has 8 heteroatoms. The second-order valence-corrected chi connectivity index (χ2v) is 13.3. The molecule has 36 heavy (non-hydrogen) atoms. The molecule has 0 bridgehead atoms. The van der Waals surface area contributed by atoms with Gasteiger partial charge in [-0.05, 0) is 120 Å². The van der Waals surface area contributed by atoms with E-state index in [2.05, 4.69) is 43.2 Å². The van der Waals surface area contributed by atoms with Crippen LogP contribution in [0.5, 0.6) is 0 Å². The Bertz CT molecular complexity index is 954. The predicted octanol–water partition coefficient (Wildman–Crippen LogP) is 4.41. The first-order valence-electron chi connectivity index (χ1n) is 14.5. The maximum absolute atomic E-state index is 11.9. The lowest BCUT2D eigenvalue weighted by molar-refractivity contribution is -0.203. The van der Waals surface area contributed by atoms with Crippen molar-refractivity contribution in [1.29, 1.82) is 0 Å². The van der Waals surface area contributed by atoms with Crippen LogP contribution in [0.2, 0.25) is 0 Å². The molecule has 4 saturated carbocycles. The zero-order valence-electron chi connectivity index (χ0n) is 22.5. The summed E-state index contributed by atoms with van der Waals surface area (Å²) in [5, 5.41) is 42.6. The Morgan fingerprint density at radius 2 is 1.81 bits per heavy atom. The van der Waals surface area contributed by atoms with Gasteiger partial charge in [0.05, 0.1) is 12.2 Å². The number of fused-ring (bicyclic) bond motifs is 5. The summed E-state index contributed by atoms with van der Waals surface area (Å²) in [5.74, 6) is 2.23. The van der Waals surface area contributed by atoms with Gasteiger partial charge in [0, 0.05) is 6.54 Å². The molecule has 8 nitrogen and oxygen atoms in total. The summed E-state index contributed by atoms with van der Waals surface area (Å²) in [5.41, 5.74) is 0.487. The van der Waals surface area contributed by atoms with E-state index < -0.39 is 5.97 Å². The Kier molecular flexibility index (Phi) is 6.99. The third kappa shape index (κ3) is 4.01. The molecule has 4 aliphatic rings. The lowest BCUT2D eigenvalue weighted by Gasteiger charge is -2.64. The molecule has 3 unspecified atom stereocenters. The Labute approximate surface area is 215 Å². The molecule has 0 amide bonds. The zero-order valence-corrected chi connectivity index (χ0v) is 22.5. The number of carboxylic acids is 1. The SMILES string of the molecule is CC[C@H]1[C@@H](O)C2C3CC[C@H]([C@H](C)CCCn4nnnc4C(=O)O)[C@@]3(C)CCC2[C@@]2(C)CC[C@@H](O)C[C@@H]12. The fraction of sp³-hybridized carbons (Fsp3) is 0.929. The number of tetrazole rings is 1. The van der Waals surface area contributed by atoms with E-state index in [1.54, 1.807) is 0 Å². The summed E-state index contributed by atoms with van der Waals surface area (Å²) in [6.45, 7) is 10.1. The number of aromatic nitrogens is 4. The minimum Gasteiger partial charge on any atom is -0.475 e. The summed E-state index contributed by atoms with van der Waals surface area (Å²) in [6.07, 6.45) is 10.2. The molecule has 4 fully saturated rings. The van der Waals surface area contributed by atoms with Crippen molar-refractivity contribution in [3.05, 3.63) is 5.82 Å². The molecule has 4 aliphatic carbocycles. The van der Waals surface area contributed by atoms with Gasteiger partial charge in [-0.2, -0.15) is 0 Å². The van der Waals surface area contributed by atoms with Crippen LogP contribution in [0.25, 0.3) is 0 Å². The zero-order chi connectivity index (χ0) is 25.8. The van der Waals surface area contributed by atoms with Crippen molar-refractivity contribution in [3.63, 3.8) is 0 Å². The highest BCUT2D eigenvalue weighted by molar-refractivity contribution is 5.82. The predicted molar refractivity (Wildman–Crippen MR) is 135 cm³/mol. The van der Waals surface area contributed by atoms with E-state index in [1.165, 1.54) is 30.4 Å². The number of aliphatic hydroxyl groups is 2. The second kappa shape index (κ2) is 9.64. The van der Waals surface area contributed by atoms with Crippen molar-refractivity contribution < 1.29 is 20.1 Å². The fourth-order valence-corrected chi connectivity index (χ4v) is 10.2. The van der Waals surface area contributed by atoms with Gasteiger partial charge < -0.3 is 15.3 Å². The first-order valence-corrected chi connectivity index (χ1v) is 14.5. The molecule has 0 radical (unpaired) electrons. The third-order valence-electron chi connectivity index (χ3n) is 11.9. The summed E-state index contributed by atoms with van der Waals surface area (Å²) < 4.78 is 1.40. The smallest absolute Gasteiger partial charge is 0.375 e. The van der Waals surface area contributed by atoms with E-state index >= 15 is 0 Å². The number of rotatable bonds is 7. The fourth-order valence-electron chi connectivity index (χ4n) is 10.2. The normalized spacial score (nSPS) is 44.9. The number of hydrogen-bond acceptors (Lipinski definition) is 6. The number of aromatic carboxylic acids is 1. The average molecular weight is 503 g/mol. The summed E-state index contributed by atoms with van der Waals surface area (Å²) in [6, 6.07) is 0. The van der Waals surface area contributed by atoms with E-state index in [0.717, 1.165) is 38.5 Å². The topological polar surface area (TPSA) is 121 Å². The molecule has 5 rings (SSSR count). The lowest BCUT2D eigenvalue weighted by atomic mass is 9.41. The highest BCUT2D eigenvalue weighted by Gasteiger charge is 2.64. The van der Waals surface area contributed by atoms with E-state index in [4.69, 9.17) is 0 Å². The van der Waals surface area contributed by atoms with Gasteiger partial charge in [-0.25, -0.2) is 9.48 Å². The van der Waals surface area contributed by atoms with Gasteiger partial charge in [0.25, 0.3) is 5.82 Å². The molecule has 0 saturated heterocycles. The number of carboxylic acid groups (broad SMARTS) is 1. The van der Waals surface area contributed by atoms with Crippen LogP contribution in [0.15, 0.2) is 0 Å². The monoisotopic (exact) mass is 502 g/mol. The van der Waals surface area contributed by atoms with Gasteiger partial charge in [0.15, 0.2) is 0 Å². The first kappa shape index (κ1) is 26.1. The number of aryl methyl sites for hydroxylation is 1. The van der Waals surface area contributed by atoms with E-state index in [-0.39, 0.29) is 28.9 Å². The van der Waals surface area contributed by atoms with Gasteiger partial charge in [-0.15, -0.1) is 5.10 Å². The minimum atomic E-state index is -1.09. The summed E-state index contributed by atoms with van der Waals surface area (Å²) in [7, 11) is 0. The number of aliphatic hydroxyl groups excluding tert-OH is 2. The maximum atomic E-state index is 11.9. The summed E-state index contributed by atoms with van der Waals surface area (Å²) >= 11 is 0. The van der Waals surface area contributed by atoms with Crippen LogP contribution in [-0.4, -0.2) is 53.7 Å². The van der Waals surface area contributed by atoms with Crippen molar-refractivity contribution in [1.82, 2.24) is 20.2 Å². The Morgan fingerprint density at radius 1 is 1.08 bits per heavy atom. The van der Waals surface area contributed by atoms with Crippen molar-refractivity contribution in [2.75, 3.05) is 0 Å².